The molecule has 0 radical (unpaired) electrons. The second kappa shape index (κ2) is 3.99. The first-order valence-corrected chi connectivity index (χ1v) is 7.07. The van der Waals surface area contributed by atoms with E-state index in [0.717, 1.165) is 30.7 Å². The van der Waals surface area contributed by atoms with Crippen molar-refractivity contribution in [1.29, 1.82) is 0 Å². The molecule has 3 rings (SSSR count). The van der Waals surface area contributed by atoms with Crippen LogP contribution in [0.2, 0.25) is 0 Å². The highest BCUT2D eigenvalue weighted by atomic mass is 16.3. The van der Waals surface area contributed by atoms with Gasteiger partial charge in [0, 0.05) is 13.1 Å². The molecule has 3 aliphatic rings. The Hall–Kier alpha value is -0.0800. The number of hydrogen-bond acceptors (Lipinski definition) is 2. The van der Waals surface area contributed by atoms with Gasteiger partial charge in [-0.25, -0.2) is 0 Å². The van der Waals surface area contributed by atoms with E-state index in [2.05, 4.69) is 4.90 Å². The maximum absolute atomic E-state index is 10.1. The molecule has 2 heteroatoms. The van der Waals surface area contributed by atoms with Crippen molar-refractivity contribution in [2.75, 3.05) is 19.6 Å². The molecule has 0 aromatic rings. The molecule has 3 fully saturated rings. The van der Waals surface area contributed by atoms with Crippen molar-refractivity contribution in [3.05, 3.63) is 0 Å². The summed E-state index contributed by atoms with van der Waals surface area (Å²) in [4.78, 5) is 2.52. The molecule has 0 aromatic heterocycles. The van der Waals surface area contributed by atoms with Gasteiger partial charge in [-0.2, -0.15) is 0 Å². The molecular weight excluding hydrogens is 198 g/mol. The normalized spacial score (nSPS) is 48.8. The summed E-state index contributed by atoms with van der Waals surface area (Å²) >= 11 is 0. The lowest BCUT2D eigenvalue weighted by atomic mass is 9.87. The number of hydrogen-bond donors (Lipinski definition) is 1. The Balaban J connectivity index is 1.55. The Morgan fingerprint density at radius 2 is 2.19 bits per heavy atom. The molecule has 1 heterocycles. The summed E-state index contributed by atoms with van der Waals surface area (Å²) in [6, 6.07) is 0. The van der Waals surface area contributed by atoms with E-state index >= 15 is 0 Å². The second-order valence-corrected chi connectivity index (χ2v) is 6.77. The molecule has 2 bridgehead atoms. The molecule has 0 spiro atoms. The number of rotatable bonds is 2. The van der Waals surface area contributed by atoms with Crippen LogP contribution in [-0.2, 0) is 0 Å². The lowest BCUT2D eigenvalue weighted by molar-refractivity contribution is -0.0222. The Morgan fingerprint density at radius 3 is 2.81 bits per heavy atom. The lowest BCUT2D eigenvalue weighted by Gasteiger charge is -2.39. The SMILES string of the molecule is CC1(O)CCCN(CC2CC3CCC2C3)C1. The molecule has 1 saturated heterocycles. The molecule has 16 heavy (non-hydrogen) atoms. The van der Waals surface area contributed by atoms with Gasteiger partial charge in [-0.05, 0) is 63.3 Å². The summed E-state index contributed by atoms with van der Waals surface area (Å²) < 4.78 is 0. The van der Waals surface area contributed by atoms with Gasteiger partial charge < -0.3 is 10.0 Å². The third kappa shape index (κ3) is 2.14. The van der Waals surface area contributed by atoms with E-state index in [-0.39, 0.29) is 0 Å². The topological polar surface area (TPSA) is 23.5 Å². The van der Waals surface area contributed by atoms with Gasteiger partial charge >= 0.3 is 0 Å². The average molecular weight is 223 g/mol. The molecule has 1 aliphatic heterocycles. The van der Waals surface area contributed by atoms with Gasteiger partial charge in [-0.3, -0.25) is 0 Å². The lowest BCUT2D eigenvalue weighted by Crippen LogP contribution is -2.48. The van der Waals surface area contributed by atoms with E-state index in [4.69, 9.17) is 0 Å². The Labute approximate surface area is 99.0 Å². The number of fused-ring (bicyclic) bond motifs is 2. The van der Waals surface area contributed by atoms with Gasteiger partial charge in [0.1, 0.15) is 0 Å². The van der Waals surface area contributed by atoms with E-state index in [9.17, 15) is 5.11 Å². The molecule has 0 aromatic carbocycles. The summed E-state index contributed by atoms with van der Waals surface area (Å²) in [6.07, 6.45) is 8.13. The fourth-order valence-corrected chi connectivity index (χ4v) is 4.41. The van der Waals surface area contributed by atoms with Crippen molar-refractivity contribution in [3.8, 4) is 0 Å². The quantitative estimate of drug-likeness (QED) is 0.776. The van der Waals surface area contributed by atoms with Crippen molar-refractivity contribution >= 4 is 0 Å². The van der Waals surface area contributed by atoms with Crippen molar-refractivity contribution in [2.24, 2.45) is 17.8 Å². The van der Waals surface area contributed by atoms with Gasteiger partial charge in [0.2, 0.25) is 0 Å². The summed E-state index contributed by atoms with van der Waals surface area (Å²) in [5.74, 6) is 3.03. The Bertz CT molecular complexity index is 263. The minimum absolute atomic E-state index is 0.421. The first-order valence-electron chi connectivity index (χ1n) is 7.07. The summed E-state index contributed by atoms with van der Waals surface area (Å²) in [5.41, 5.74) is -0.421. The first kappa shape index (κ1) is 11.0. The Morgan fingerprint density at radius 1 is 1.31 bits per heavy atom. The highest BCUT2D eigenvalue weighted by Gasteiger charge is 2.40. The standard InChI is InChI=1S/C14H25NO/c1-14(16)5-2-6-15(10-14)9-13-8-11-3-4-12(13)7-11/h11-13,16H,2-10H2,1H3. The van der Waals surface area contributed by atoms with Crippen LogP contribution in [0.1, 0.15) is 45.4 Å². The van der Waals surface area contributed by atoms with Crippen LogP contribution in [0.15, 0.2) is 0 Å². The Kier molecular flexibility index (Phi) is 2.75. The smallest absolute Gasteiger partial charge is 0.0746 e. The highest BCUT2D eigenvalue weighted by Crippen LogP contribution is 2.48. The number of likely N-dealkylation sites (tertiary alicyclic amines) is 1. The van der Waals surface area contributed by atoms with Crippen LogP contribution >= 0.6 is 0 Å². The van der Waals surface area contributed by atoms with Crippen LogP contribution < -0.4 is 0 Å². The molecular formula is C14H25NO. The van der Waals surface area contributed by atoms with Gasteiger partial charge in [-0.15, -0.1) is 0 Å². The second-order valence-electron chi connectivity index (χ2n) is 6.77. The molecule has 4 atom stereocenters. The van der Waals surface area contributed by atoms with Gasteiger partial charge in [0.05, 0.1) is 5.60 Å². The van der Waals surface area contributed by atoms with E-state index in [1.165, 1.54) is 45.2 Å². The van der Waals surface area contributed by atoms with Crippen LogP contribution in [0, 0.1) is 17.8 Å². The van der Waals surface area contributed by atoms with Gasteiger partial charge in [-0.1, -0.05) is 6.42 Å². The average Bonchev–Trinajstić information content (AvgIpc) is 2.77. The van der Waals surface area contributed by atoms with Crippen molar-refractivity contribution in [2.45, 2.75) is 51.0 Å². The molecule has 1 N–H and O–H groups in total. The van der Waals surface area contributed by atoms with Gasteiger partial charge in [0.25, 0.3) is 0 Å². The maximum atomic E-state index is 10.1. The monoisotopic (exact) mass is 223 g/mol. The minimum Gasteiger partial charge on any atom is -0.389 e. The molecule has 2 saturated carbocycles. The van der Waals surface area contributed by atoms with Crippen LogP contribution in [0.3, 0.4) is 0 Å². The van der Waals surface area contributed by atoms with Gasteiger partial charge in [0.15, 0.2) is 0 Å². The summed E-state index contributed by atoms with van der Waals surface area (Å²) in [6.45, 7) is 5.38. The third-order valence-electron chi connectivity index (χ3n) is 5.13. The van der Waals surface area contributed by atoms with Crippen molar-refractivity contribution in [1.82, 2.24) is 4.90 Å². The predicted octanol–water partition coefficient (Wildman–Crippen LogP) is 2.27. The maximum Gasteiger partial charge on any atom is 0.0746 e. The molecule has 0 amide bonds. The zero-order valence-corrected chi connectivity index (χ0v) is 10.5. The number of piperidine rings is 1. The first-order chi connectivity index (χ1) is 7.62. The molecule has 4 unspecified atom stereocenters. The fourth-order valence-electron chi connectivity index (χ4n) is 4.41. The number of nitrogens with zero attached hydrogens (tertiary/aromatic N) is 1. The summed E-state index contributed by atoms with van der Waals surface area (Å²) in [7, 11) is 0. The predicted molar refractivity (Wildman–Crippen MR) is 65.2 cm³/mol. The van der Waals surface area contributed by atoms with E-state index in [1.54, 1.807) is 0 Å². The van der Waals surface area contributed by atoms with Crippen LogP contribution in [-0.4, -0.2) is 35.2 Å². The number of β-amino-alcohol motifs (C(OH)–C–C–N with tert-alkyl or cyclic N) is 1. The van der Waals surface area contributed by atoms with Crippen molar-refractivity contribution < 1.29 is 5.11 Å². The van der Waals surface area contributed by atoms with E-state index in [0.29, 0.717) is 0 Å². The van der Waals surface area contributed by atoms with Crippen LogP contribution in [0.4, 0.5) is 0 Å². The molecule has 92 valence electrons. The van der Waals surface area contributed by atoms with E-state index in [1.807, 2.05) is 6.92 Å². The molecule has 2 aliphatic carbocycles. The highest BCUT2D eigenvalue weighted by molar-refractivity contribution is 4.92. The zero-order valence-electron chi connectivity index (χ0n) is 10.5. The third-order valence-corrected chi connectivity index (χ3v) is 5.13. The minimum atomic E-state index is -0.421. The van der Waals surface area contributed by atoms with Crippen molar-refractivity contribution in [3.63, 3.8) is 0 Å². The fraction of sp³-hybridized carbons (Fsp3) is 1.00. The number of aliphatic hydroxyl groups is 1. The largest absolute Gasteiger partial charge is 0.389 e. The van der Waals surface area contributed by atoms with Crippen LogP contribution in [0.25, 0.3) is 0 Å². The molecule has 2 nitrogen and oxygen atoms in total. The zero-order chi connectivity index (χ0) is 11.2. The van der Waals surface area contributed by atoms with Crippen LogP contribution in [0.5, 0.6) is 0 Å². The van der Waals surface area contributed by atoms with E-state index < -0.39 is 5.60 Å². The summed E-state index contributed by atoms with van der Waals surface area (Å²) in [5, 5.41) is 10.1.